The first-order valence-corrected chi connectivity index (χ1v) is 11.2. The Bertz CT molecular complexity index is 1630. The number of hydrogen-bond acceptors (Lipinski definition) is 5. The number of aromatic nitrogens is 5. The van der Waals surface area contributed by atoms with Gasteiger partial charge in [0.2, 0.25) is 5.69 Å². The number of hydrogen-bond donors (Lipinski definition) is 2. The number of fused-ring (bicyclic) bond motifs is 2. The second-order valence-corrected chi connectivity index (χ2v) is 8.46. The van der Waals surface area contributed by atoms with Gasteiger partial charge >= 0.3 is 0 Å². The van der Waals surface area contributed by atoms with E-state index in [9.17, 15) is 8.78 Å². The van der Waals surface area contributed by atoms with Gasteiger partial charge in [-0.15, -0.1) is 0 Å². The van der Waals surface area contributed by atoms with Gasteiger partial charge in [-0.1, -0.05) is 0 Å². The summed E-state index contributed by atoms with van der Waals surface area (Å²) in [5.41, 5.74) is 4.29. The number of benzene rings is 2. The van der Waals surface area contributed by atoms with Crippen molar-refractivity contribution in [1.29, 1.82) is 0 Å². The zero-order valence-electron chi connectivity index (χ0n) is 18.8. The molecule has 35 heavy (non-hydrogen) atoms. The molecule has 174 valence electrons. The molecule has 2 aromatic carbocycles. The van der Waals surface area contributed by atoms with Gasteiger partial charge in [0.1, 0.15) is 23.3 Å². The van der Waals surface area contributed by atoms with Crippen molar-refractivity contribution in [2.45, 2.75) is 18.9 Å². The summed E-state index contributed by atoms with van der Waals surface area (Å²) in [6, 6.07) is 8.70. The lowest BCUT2D eigenvalue weighted by molar-refractivity contribution is 0.560. The molecule has 1 aliphatic heterocycles. The SMILES string of the molecule is [C-]#[N+]c1cc2[nH]c(-c3cnn4ccc(N5CCC[C@@H]5c5cc(F)ccc5F)nc34)nc2cc1NC. The highest BCUT2D eigenvalue weighted by atomic mass is 19.1. The van der Waals surface area contributed by atoms with E-state index in [1.54, 1.807) is 30.0 Å². The normalized spacial score (nSPS) is 15.7. The van der Waals surface area contributed by atoms with E-state index in [0.717, 1.165) is 18.0 Å². The van der Waals surface area contributed by atoms with Crippen molar-refractivity contribution in [2.24, 2.45) is 0 Å². The second kappa shape index (κ2) is 8.06. The summed E-state index contributed by atoms with van der Waals surface area (Å²) in [6.45, 7) is 8.09. The number of nitrogens with one attached hydrogen (secondary N) is 2. The first-order valence-electron chi connectivity index (χ1n) is 11.2. The summed E-state index contributed by atoms with van der Waals surface area (Å²) in [5, 5.41) is 7.43. The molecule has 0 saturated carbocycles. The van der Waals surface area contributed by atoms with Crippen LogP contribution in [0.4, 0.5) is 26.0 Å². The van der Waals surface area contributed by atoms with Crippen LogP contribution in [0.2, 0.25) is 0 Å². The predicted molar refractivity (Wildman–Crippen MR) is 130 cm³/mol. The minimum Gasteiger partial charge on any atom is -0.397 e. The standard InChI is InChI=1S/C25H20F2N8/c1-28-18-11-20-21(12-19(18)29-2)32-24(31-20)16-13-30-35-9-7-23(33-25(16)35)34-8-3-4-22(34)15-10-14(26)5-6-17(15)27/h5-7,9-13,22,28H,3-4,8H2,1H3,(H,31,32)/t22-/m1/s1. The second-order valence-electron chi connectivity index (χ2n) is 8.46. The molecule has 4 heterocycles. The number of H-pyrrole nitrogens is 1. The molecular weight excluding hydrogens is 450 g/mol. The Kier molecular flexibility index (Phi) is 4.84. The first kappa shape index (κ1) is 21.0. The molecule has 1 saturated heterocycles. The number of anilines is 2. The Morgan fingerprint density at radius 2 is 2.06 bits per heavy atom. The van der Waals surface area contributed by atoms with Crippen molar-refractivity contribution < 1.29 is 8.78 Å². The highest BCUT2D eigenvalue weighted by molar-refractivity contribution is 5.91. The summed E-state index contributed by atoms with van der Waals surface area (Å²) in [4.78, 5) is 18.4. The van der Waals surface area contributed by atoms with Crippen LogP contribution >= 0.6 is 0 Å². The zero-order valence-corrected chi connectivity index (χ0v) is 18.8. The average molecular weight is 470 g/mol. The maximum atomic E-state index is 14.5. The van der Waals surface area contributed by atoms with Crippen molar-refractivity contribution in [3.8, 4) is 11.4 Å². The van der Waals surface area contributed by atoms with Gasteiger partial charge in [0.25, 0.3) is 0 Å². The molecule has 0 aliphatic carbocycles. The van der Waals surface area contributed by atoms with Crippen LogP contribution in [0.3, 0.4) is 0 Å². The fourth-order valence-corrected chi connectivity index (χ4v) is 4.79. The van der Waals surface area contributed by atoms with Crippen molar-refractivity contribution in [2.75, 3.05) is 23.8 Å². The van der Waals surface area contributed by atoms with E-state index in [1.165, 1.54) is 12.1 Å². The van der Waals surface area contributed by atoms with Crippen LogP contribution in [0, 0.1) is 18.2 Å². The van der Waals surface area contributed by atoms with E-state index in [0.29, 0.717) is 58.3 Å². The quantitative estimate of drug-likeness (QED) is 0.340. The van der Waals surface area contributed by atoms with Gasteiger partial charge in [0, 0.05) is 31.0 Å². The van der Waals surface area contributed by atoms with Crippen LogP contribution in [0.5, 0.6) is 0 Å². The van der Waals surface area contributed by atoms with Crippen LogP contribution in [-0.2, 0) is 0 Å². The molecule has 0 amide bonds. The van der Waals surface area contributed by atoms with Crippen LogP contribution in [-0.4, -0.2) is 38.2 Å². The van der Waals surface area contributed by atoms with Gasteiger partial charge in [-0.05, 0) is 49.2 Å². The smallest absolute Gasteiger partial charge is 0.211 e. The van der Waals surface area contributed by atoms with Gasteiger partial charge in [-0.25, -0.2) is 28.1 Å². The number of nitrogens with zero attached hydrogens (tertiary/aromatic N) is 6. The largest absolute Gasteiger partial charge is 0.397 e. The Balaban J connectivity index is 1.42. The number of rotatable bonds is 4. The Morgan fingerprint density at radius 1 is 1.17 bits per heavy atom. The molecule has 1 fully saturated rings. The lowest BCUT2D eigenvalue weighted by atomic mass is 10.0. The van der Waals surface area contributed by atoms with Gasteiger partial charge in [0.15, 0.2) is 5.65 Å². The summed E-state index contributed by atoms with van der Waals surface area (Å²) >= 11 is 0. The summed E-state index contributed by atoms with van der Waals surface area (Å²) in [7, 11) is 1.77. The molecule has 5 aromatic rings. The summed E-state index contributed by atoms with van der Waals surface area (Å²) in [5.74, 6) is 0.367. The average Bonchev–Trinajstić information content (AvgIpc) is 3.61. The van der Waals surface area contributed by atoms with E-state index >= 15 is 0 Å². The van der Waals surface area contributed by atoms with Crippen molar-refractivity contribution in [3.05, 3.63) is 77.4 Å². The molecule has 0 spiro atoms. The molecular formula is C25H20F2N8. The lowest BCUT2D eigenvalue weighted by Crippen LogP contribution is -2.24. The van der Waals surface area contributed by atoms with E-state index in [4.69, 9.17) is 16.5 Å². The lowest BCUT2D eigenvalue weighted by Gasteiger charge is -2.26. The van der Waals surface area contributed by atoms with E-state index in [-0.39, 0.29) is 6.04 Å². The summed E-state index contributed by atoms with van der Waals surface area (Å²) in [6.07, 6.45) is 5.05. The van der Waals surface area contributed by atoms with Gasteiger partial charge in [0.05, 0.1) is 35.4 Å². The maximum Gasteiger partial charge on any atom is 0.211 e. The third-order valence-corrected chi connectivity index (χ3v) is 6.46. The first-order chi connectivity index (χ1) is 17.1. The molecule has 0 bridgehead atoms. The number of halogens is 2. The van der Waals surface area contributed by atoms with Crippen LogP contribution in [0.25, 0.3) is 32.9 Å². The monoisotopic (exact) mass is 470 g/mol. The van der Waals surface area contributed by atoms with Gasteiger partial charge < -0.3 is 15.2 Å². The third-order valence-electron chi connectivity index (χ3n) is 6.46. The van der Waals surface area contributed by atoms with Crippen molar-refractivity contribution in [1.82, 2.24) is 24.6 Å². The molecule has 3 aromatic heterocycles. The third kappa shape index (κ3) is 3.44. The van der Waals surface area contributed by atoms with E-state index in [1.807, 2.05) is 17.0 Å². The summed E-state index contributed by atoms with van der Waals surface area (Å²) < 4.78 is 30.1. The minimum atomic E-state index is -0.456. The van der Waals surface area contributed by atoms with Crippen LogP contribution in [0.1, 0.15) is 24.4 Å². The highest BCUT2D eigenvalue weighted by Crippen LogP contribution is 2.37. The molecule has 6 rings (SSSR count). The fraction of sp³-hybridized carbons (Fsp3) is 0.200. The van der Waals surface area contributed by atoms with Crippen molar-refractivity contribution >= 4 is 33.9 Å². The van der Waals surface area contributed by atoms with Crippen LogP contribution < -0.4 is 10.2 Å². The van der Waals surface area contributed by atoms with Gasteiger partial charge in [-0.2, -0.15) is 5.10 Å². The zero-order chi connectivity index (χ0) is 24.1. The molecule has 1 aliphatic rings. The maximum absolute atomic E-state index is 14.5. The Morgan fingerprint density at radius 3 is 2.89 bits per heavy atom. The molecule has 8 nitrogen and oxygen atoms in total. The Hall–Kier alpha value is -4.52. The molecule has 1 atom stereocenters. The van der Waals surface area contributed by atoms with E-state index < -0.39 is 11.6 Å². The topological polar surface area (TPSA) is 78.5 Å². The predicted octanol–water partition coefficient (Wildman–Crippen LogP) is 5.48. The Labute approximate surface area is 199 Å². The van der Waals surface area contributed by atoms with Gasteiger partial charge in [-0.3, -0.25) is 0 Å². The molecule has 0 unspecified atom stereocenters. The number of imidazole rings is 1. The van der Waals surface area contributed by atoms with E-state index in [2.05, 4.69) is 20.2 Å². The van der Waals surface area contributed by atoms with Crippen LogP contribution in [0.15, 0.2) is 48.8 Å². The number of aromatic amines is 1. The minimum absolute atomic E-state index is 0.301. The fourth-order valence-electron chi connectivity index (χ4n) is 4.79. The molecule has 10 heteroatoms. The van der Waals surface area contributed by atoms with Crippen molar-refractivity contribution in [3.63, 3.8) is 0 Å². The molecule has 0 radical (unpaired) electrons. The highest BCUT2D eigenvalue weighted by Gasteiger charge is 2.30. The molecule has 2 N–H and O–H groups in total.